The maximum atomic E-state index is 12.8. The molecule has 2 aliphatic heterocycles. The summed E-state index contributed by atoms with van der Waals surface area (Å²) in [5.41, 5.74) is 2.36. The number of amides is 1. The van der Waals surface area contributed by atoms with E-state index in [4.69, 9.17) is 27.0 Å². The second-order valence-corrected chi connectivity index (χ2v) is 9.67. The highest BCUT2D eigenvalue weighted by molar-refractivity contribution is 8.26. The van der Waals surface area contributed by atoms with E-state index in [9.17, 15) is 9.59 Å². The van der Waals surface area contributed by atoms with Crippen LogP contribution < -0.4 is 4.90 Å². The van der Waals surface area contributed by atoms with E-state index in [1.54, 1.807) is 11.0 Å². The molecule has 2 aromatic rings. The smallest absolute Gasteiger partial charge is 0.303 e. The van der Waals surface area contributed by atoms with Gasteiger partial charge in [-0.05, 0) is 43.2 Å². The second-order valence-electron chi connectivity index (χ2n) is 7.99. The number of carboxylic acids is 1. The van der Waals surface area contributed by atoms with Gasteiger partial charge < -0.3 is 14.7 Å². The van der Waals surface area contributed by atoms with E-state index in [0.29, 0.717) is 47.5 Å². The van der Waals surface area contributed by atoms with E-state index in [0.717, 1.165) is 36.6 Å². The van der Waals surface area contributed by atoms with Gasteiger partial charge in [-0.1, -0.05) is 36.5 Å². The fourth-order valence-corrected chi connectivity index (χ4v) is 5.05. The van der Waals surface area contributed by atoms with Gasteiger partial charge in [0.25, 0.3) is 5.91 Å². The highest BCUT2D eigenvalue weighted by atomic mass is 32.2. The lowest BCUT2D eigenvalue weighted by molar-refractivity contribution is -0.137. The normalized spacial score (nSPS) is 17.6. The molecule has 1 amide bonds. The van der Waals surface area contributed by atoms with Crippen LogP contribution in [0, 0.1) is 0 Å². The molecular weight excluding hydrogens is 472 g/mol. The van der Waals surface area contributed by atoms with Gasteiger partial charge in [-0.2, -0.15) is 0 Å². The summed E-state index contributed by atoms with van der Waals surface area (Å²) in [6.45, 7) is 3.59. The Morgan fingerprint density at radius 2 is 2.00 bits per heavy atom. The molecule has 4 heterocycles. The molecule has 178 valence electrons. The van der Waals surface area contributed by atoms with Crippen molar-refractivity contribution in [2.24, 2.45) is 0 Å². The number of ether oxygens (including phenoxy) is 1. The molecule has 4 rings (SSSR count). The first-order valence-electron chi connectivity index (χ1n) is 11.2. The first-order valence-corrected chi connectivity index (χ1v) is 12.5. The molecule has 0 radical (unpaired) electrons. The molecule has 0 atom stereocenters. The van der Waals surface area contributed by atoms with Gasteiger partial charge in [0.05, 0.1) is 29.5 Å². The summed E-state index contributed by atoms with van der Waals surface area (Å²) in [7, 11) is 0. The Morgan fingerprint density at radius 3 is 2.74 bits per heavy atom. The molecule has 0 aliphatic carbocycles. The topological polar surface area (TPSA) is 95.9 Å². The Kier molecular flexibility index (Phi) is 8.25. The molecule has 0 spiro atoms. The summed E-state index contributed by atoms with van der Waals surface area (Å²) in [6.07, 6.45) is 5.78. The zero-order chi connectivity index (χ0) is 23.9. The third-order valence-corrected chi connectivity index (χ3v) is 6.95. The van der Waals surface area contributed by atoms with Gasteiger partial charge in [-0.25, -0.2) is 9.97 Å². The monoisotopic (exact) mass is 498 g/mol. The molecule has 2 aromatic heterocycles. The van der Waals surface area contributed by atoms with Crippen molar-refractivity contribution in [3.63, 3.8) is 0 Å². The largest absolute Gasteiger partial charge is 0.481 e. The second kappa shape index (κ2) is 11.5. The van der Waals surface area contributed by atoms with Crippen molar-refractivity contribution in [2.45, 2.75) is 25.7 Å². The molecule has 2 saturated heterocycles. The number of nitrogens with zero attached hydrogens (tertiary/aromatic N) is 4. The van der Waals surface area contributed by atoms with Crippen LogP contribution in [0.2, 0.25) is 0 Å². The number of thiocarbonyl (C=S) groups is 1. The summed E-state index contributed by atoms with van der Waals surface area (Å²) in [5, 5.41) is 8.73. The van der Waals surface area contributed by atoms with Crippen molar-refractivity contribution in [2.75, 3.05) is 37.7 Å². The standard InChI is InChI=1S/C24H26N4O4S2/c29-22(30)7-2-1-3-10-28-23(31)20(34-24(28)33)15-18-5-4-6-19(26-18)17-8-9-21(25-16-17)27-11-13-32-14-12-27/h4-6,8-9,15-16H,1-3,7,10-14H2,(H,29,30). The van der Waals surface area contributed by atoms with Crippen molar-refractivity contribution in [3.05, 3.63) is 47.1 Å². The maximum Gasteiger partial charge on any atom is 0.303 e. The minimum atomic E-state index is -0.799. The van der Waals surface area contributed by atoms with E-state index in [-0.39, 0.29) is 12.3 Å². The fraction of sp³-hybridized carbons (Fsp3) is 0.375. The van der Waals surface area contributed by atoms with Crippen LogP contribution in [-0.2, 0) is 14.3 Å². The molecule has 2 aliphatic rings. The first kappa shape index (κ1) is 24.3. The molecule has 2 fully saturated rings. The van der Waals surface area contributed by atoms with Gasteiger partial charge in [-0.15, -0.1) is 0 Å². The van der Waals surface area contributed by atoms with Crippen LogP contribution in [0.1, 0.15) is 31.4 Å². The SMILES string of the molecule is O=C(O)CCCCCN1C(=O)C(=Cc2cccc(-c3ccc(N4CCOCC4)nc3)n2)SC1=S. The summed E-state index contributed by atoms with van der Waals surface area (Å²) in [6, 6.07) is 9.69. The number of thioether (sulfide) groups is 1. The minimum absolute atomic E-state index is 0.128. The van der Waals surface area contributed by atoms with Gasteiger partial charge in [-0.3, -0.25) is 14.5 Å². The average molecular weight is 499 g/mol. The molecule has 0 saturated carbocycles. The molecule has 0 bridgehead atoms. The molecule has 0 unspecified atom stereocenters. The zero-order valence-electron chi connectivity index (χ0n) is 18.7. The number of aromatic nitrogens is 2. The Balaban J connectivity index is 1.40. The number of unbranched alkanes of at least 4 members (excludes halogenated alkanes) is 2. The lowest BCUT2D eigenvalue weighted by Crippen LogP contribution is -2.36. The van der Waals surface area contributed by atoms with Crippen molar-refractivity contribution in [1.82, 2.24) is 14.9 Å². The number of hydrogen-bond acceptors (Lipinski definition) is 8. The van der Waals surface area contributed by atoms with Crippen LogP contribution >= 0.6 is 24.0 Å². The van der Waals surface area contributed by atoms with Gasteiger partial charge >= 0.3 is 5.97 Å². The van der Waals surface area contributed by atoms with Crippen LogP contribution in [-0.4, -0.2) is 69.0 Å². The number of pyridine rings is 2. The van der Waals surface area contributed by atoms with Crippen molar-refractivity contribution in [1.29, 1.82) is 0 Å². The van der Waals surface area contributed by atoms with Crippen LogP contribution in [0.15, 0.2) is 41.4 Å². The molecule has 0 aromatic carbocycles. The maximum absolute atomic E-state index is 12.8. The number of morpholine rings is 1. The highest BCUT2D eigenvalue weighted by Gasteiger charge is 2.31. The summed E-state index contributed by atoms with van der Waals surface area (Å²) in [4.78, 5) is 37.1. The average Bonchev–Trinajstić information content (AvgIpc) is 3.11. The van der Waals surface area contributed by atoms with Crippen LogP contribution in [0.5, 0.6) is 0 Å². The molecular formula is C24H26N4O4S2. The van der Waals surface area contributed by atoms with Gasteiger partial charge in [0, 0.05) is 37.8 Å². The summed E-state index contributed by atoms with van der Waals surface area (Å²) in [5.74, 6) is -0.00101. The van der Waals surface area contributed by atoms with E-state index in [1.807, 2.05) is 36.5 Å². The third kappa shape index (κ3) is 6.19. The Hall–Kier alpha value is -2.82. The quantitative estimate of drug-likeness (QED) is 0.314. The first-order chi connectivity index (χ1) is 16.5. The van der Waals surface area contributed by atoms with E-state index < -0.39 is 5.97 Å². The number of carboxylic acid groups (broad SMARTS) is 1. The molecule has 8 nitrogen and oxygen atoms in total. The zero-order valence-corrected chi connectivity index (χ0v) is 20.3. The van der Waals surface area contributed by atoms with Gasteiger partial charge in [0.15, 0.2) is 0 Å². The van der Waals surface area contributed by atoms with E-state index in [1.165, 1.54) is 11.8 Å². The minimum Gasteiger partial charge on any atom is -0.481 e. The molecule has 1 N–H and O–H groups in total. The fourth-order valence-electron chi connectivity index (χ4n) is 3.76. The van der Waals surface area contributed by atoms with Gasteiger partial charge in [0.1, 0.15) is 10.1 Å². The number of anilines is 1. The Bertz CT molecular complexity index is 1080. The highest BCUT2D eigenvalue weighted by Crippen LogP contribution is 2.33. The van der Waals surface area contributed by atoms with Crippen LogP contribution in [0.4, 0.5) is 5.82 Å². The lowest BCUT2D eigenvalue weighted by atomic mass is 10.1. The van der Waals surface area contributed by atoms with Crippen LogP contribution in [0.25, 0.3) is 17.3 Å². The number of carbonyl (C=O) groups is 2. The summed E-state index contributed by atoms with van der Waals surface area (Å²) < 4.78 is 5.92. The van der Waals surface area contributed by atoms with Crippen LogP contribution in [0.3, 0.4) is 0 Å². The number of rotatable bonds is 9. The third-order valence-electron chi connectivity index (χ3n) is 5.57. The number of carbonyl (C=O) groups excluding carboxylic acids is 1. The van der Waals surface area contributed by atoms with Crippen molar-refractivity contribution >= 4 is 52.1 Å². The lowest BCUT2D eigenvalue weighted by Gasteiger charge is -2.27. The number of hydrogen-bond donors (Lipinski definition) is 1. The summed E-state index contributed by atoms with van der Waals surface area (Å²) >= 11 is 6.66. The Labute approximate surface area is 208 Å². The van der Waals surface area contributed by atoms with Gasteiger partial charge in [0.2, 0.25) is 0 Å². The number of aliphatic carboxylic acids is 1. The van der Waals surface area contributed by atoms with Crippen molar-refractivity contribution in [3.8, 4) is 11.3 Å². The van der Waals surface area contributed by atoms with E-state index >= 15 is 0 Å². The Morgan fingerprint density at radius 1 is 1.18 bits per heavy atom. The van der Waals surface area contributed by atoms with Crippen molar-refractivity contribution < 1.29 is 19.4 Å². The molecule has 10 heteroatoms. The molecule has 34 heavy (non-hydrogen) atoms. The predicted molar refractivity (Wildman–Crippen MR) is 136 cm³/mol. The van der Waals surface area contributed by atoms with E-state index in [2.05, 4.69) is 9.88 Å². The predicted octanol–water partition coefficient (Wildman–Crippen LogP) is 3.83.